The third-order valence-corrected chi connectivity index (χ3v) is 6.69. The molecule has 35 heavy (non-hydrogen) atoms. The van der Waals surface area contributed by atoms with Gasteiger partial charge in [-0.2, -0.15) is 0 Å². The molecule has 1 aliphatic heterocycles. The smallest absolute Gasteiger partial charge is 0.117 e. The van der Waals surface area contributed by atoms with Crippen LogP contribution in [0.4, 0.5) is 11.4 Å². The van der Waals surface area contributed by atoms with Crippen molar-refractivity contribution in [2.24, 2.45) is 0 Å². The van der Waals surface area contributed by atoms with Gasteiger partial charge in [0.2, 0.25) is 0 Å². The topological polar surface area (TPSA) is 56.3 Å². The van der Waals surface area contributed by atoms with Gasteiger partial charge < -0.3 is 28.7 Å². The number of rotatable bonds is 4. The minimum atomic E-state index is 0.586. The van der Waals surface area contributed by atoms with E-state index in [1.165, 1.54) is 10.4 Å². The van der Waals surface area contributed by atoms with Gasteiger partial charge in [-0.15, -0.1) is 11.3 Å². The molecule has 2 heterocycles. The lowest BCUT2D eigenvalue weighted by molar-refractivity contribution is 0.00206. The minimum absolute atomic E-state index is 0.586. The minimum Gasteiger partial charge on any atom is -0.378 e. The molecule has 0 saturated carbocycles. The molecule has 1 fully saturated rings. The lowest BCUT2D eigenvalue weighted by Gasteiger charge is -2.25. The molecular formula is C27H35N3O4S. The van der Waals surface area contributed by atoms with Gasteiger partial charge in [-0.3, -0.25) is 0 Å². The fraction of sp³-hybridized carbons (Fsp3) is 0.444. The largest absolute Gasteiger partial charge is 0.378 e. The number of hydrogen-bond acceptors (Lipinski definition) is 8. The van der Waals surface area contributed by atoms with Gasteiger partial charge in [0.05, 0.1) is 63.1 Å². The molecule has 3 aromatic rings. The predicted octanol–water partition coefficient (Wildman–Crippen LogP) is 4.42. The molecule has 7 nitrogen and oxygen atoms in total. The molecule has 0 aliphatic carbocycles. The molecule has 8 heteroatoms. The van der Waals surface area contributed by atoms with Gasteiger partial charge in [-0.25, -0.2) is 4.98 Å². The van der Waals surface area contributed by atoms with Crippen LogP contribution < -0.4 is 9.80 Å². The molecule has 4 rings (SSSR count). The summed E-state index contributed by atoms with van der Waals surface area (Å²) in [7, 11) is 4.10. The van der Waals surface area contributed by atoms with Crippen LogP contribution in [0.1, 0.15) is 10.6 Å². The molecule has 0 radical (unpaired) electrons. The van der Waals surface area contributed by atoms with Gasteiger partial charge >= 0.3 is 0 Å². The van der Waals surface area contributed by atoms with Crippen LogP contribution in [-0.2, 0) is 18.9 Å². The van der Waals surface area contributed by atoms with Crippen molar-refractivity contribution in [3.63, 3.8) is 0 Å². The van der Waals surface area contributed by atoms with Crippen molar-refractivity contribution in [3.8, 4) is 0 Å². The van der Waals surface area contributed by atoms with Crippen LogP contribution in [0.25, 0.3) is 22.4 Å². The number of anilines is 2. The van der Waals surface area contributed by atoms with Gasteiger partial charge in [-0.1, -0.05) is 18.2 Å². The van der Waals surface area contributed by atoms with Crippen LogP contribution in [0.15, 0.2) is 42.5 Å². The first-order valence-electron chi connectivity index (χ1n) is 12.1. The van der Waals surface area contributed by atoms with E-state index in [4.69, 9.17) is 23.9 Å². The number of hydrogen-bond donors (Lipinski definition) is 0. The van der Waals surface area contributed by atoms with Crippen LogP contribution in [-0.4, -0.2) is 85.0 Å². The molecule has 0 bridgehead atoms. The highest BCUT2D eigenvalue weighted by atomic mass is 32.1. The lowest BCUT2D eigenvalue weighted by Crippen LogP contribution is -2.31. The Kier molecular flexibility index (Phi) is 9.92. The van der Waals surface area contributed by atoms with Crippen molar-refractivity contribution in [1.29, 1.82) is 0 Å². The second-order valence-corrected chi connectivity index (χ2v) is 9.52. The van der Waals surface area contributed by atoms with E-state index in [-0.39, 0.29) is 0 Å². The van der Waals surface area contributed by atoms with Crippen LogP contribution in [0.2, 0.25) is 0 Å². The second kappa shape index (κ2) is 13.6. The molecule has 0 atom stereocenters. The highest BCUT2D eigenvalue weighted by Crippen LogP contribution is 2.28. The molecule has 1 saturated heterocycles. The van der Waals surface area contributed by atoms with E-state index in [1.54, 1.807) is 11.3 Å². The first kappa shape index (κ1) is 25.6. The standard InChI is InChI=1S/C27H35N3O4S/c1-29(2)23-6-3-22(4-7-23)5-10-27-28-25-9-8-24(21-26(25)35-27)30-11-13-31-15-17-33-19-20-34-18-16-32-14-12-30/h3-10,21H,11-20H2,1-2H3/b10-5+. The Balaban J connectivity index is 1.42. The van der Waals surface area contributed by atoms with Crippen molar-refractivity contribution < 1.29 is 18.9 Å². The summed E-state index contributed by atoms with van der Waals surface area (Å²) in [5.74, 6) is 0. The van der Waals surface area contributed by atoms with Gasteiger partial charge in [0.1, 0.15) is 5.01 Å². The summed E-state index contributed by atoms with van der Waals surface area (Å²) >= 11 is 1.70. The van der Waals surface area contributed by atoms with Crippen molar-refractivity contribution >= 4 is 45.1 Å². The summed E-state index contributed by atoms with van der Waals surface area (Å²) in [5, 5.41) is 0.998. The molecule has 0 unspecified atom stereocenters. The summed E-state index contributed by atoms with van der Waals surface area (Å²) in [5.41, 5.74) is 4.52. The Morgan fingerprint density at radius 3 is 1.97 bits per heavy atom. The molecule has 1 aromatic heterocycles. The van der Waals surface area contributed by atoms with Crippen LogP contribution in [0.3, 0.4) is 0 Å². The van der Waals surface area contributed by atoms with Crippen molar-refractivity contribution in [2.45, 2.75) is 0 Å². The zero-order valence-corrected chi connectivity index (χ0v) is 21.5. The predicted molar refractivity (Wildman–Crippen MR) is 145 cm³/mol. The normalized spacial score (nSPS) is 17.4. The Morgan fingerprint density at radius 1 is 0.771 bits per heavy atom. The van der Waals surface area contributed by atoms with Crippen LogP contribution in [0, 0.1) is 0 Å². The van der Waals surface area contributed by atoms with E-state index in [2.05, 4.69) is 64.4 Å². The summed E-state index contributed by atoms with van der Waals surface area (Å²) in [6.07, 6.45) is 4.20. The number of nitrogens with zero attached hydrogens (tertiary/aromatic N) is 3. The fourth-order valence-corrected chi connectivity index (χ4v) is 4.63. The first-order valence-corrected chi connectivity index (χ1v) is 12.9. The third-order valence-electron chi connectivity index (χ3n) is 5.71. The number of thiazole rings is 1. The van der Waals surface area contributed by atoms with Crippen molar-refractivity contribution in [3.05, 3.63) is 53.0 Å². The fourth-order valence-electron chi connectivity index (χ4n) is 3.73. The van der Waals surface area contributed by atoms with Gasteiger partial charge in [0.25, 0.3) is 0 Å². The third kappa shape index (κ3) is 8.02. The Hall–Kier alpha value is -2.49. The van der Waals surface area contributed by atoms with Gasteiger partial charge in [0, 0.05) is 38.6 Å². The molecule has 0 spiro atoms. The first-order chi connectivity index (χ1) is 17.2. The van der Waals surface area contributed by atoms with E-state index in [0.717, 1.165) is 34.9 Å². The average Bonchev–Trinajstić information content (AvgIpc) is 3.28. The maximum atomic E-state index is 5.78. The Labute approximate surface area is 211 Å². The van der Waals surface area contributed by atoms with Crippen molar-refractivity contribution in [2.75, 3.05) is 89.8 Å². The van der Waals surface area contributed by atoms with E-state index < -0.39 is 0 Å². The zero-order chi connectivity index (χ0) is 24.3. The number of aromatic nitrogens is 1. The molecular weight excluding hydrogens is 462 g/mol. The van der Waals surface area contributed by atoms with E-state index in [0.29, 0.717) is 52.9 Å². The molecule has 0 N–H and O–H groups in total. The average molecular weight is 498 g/mol. The number of ether oxygens (including phenoxy) is 4. The SMILES string of the molecule is CN(C)c1ccc(/C=C/c2nc3ccc(N4CCOCCOCCOCCOCC4)cc3s2)cc1. The molecule has 1 aliphatic rings. The Bertz CT molecular complexity index is 1050. The van der Waals surface area contributed by atoms with Crippen LogP contribution in [0.5, 0.6) is 0 Å². The zero-order valence-electron chi connectivity index (χ0n) is 20.7. The monoisotopic (exact) mass is 497 g/mol. The molecule has 188 valence electrons. The van der Waals surface area contributed by atoms with E-state index in [9.17, 15) is 0 Å². The maximum absolute atomic E-state index is 5.78. The van der Waals surface area contributed by atoms with Gasteiger partial charge in [-0.05, 0) is 42.0 Å². The molecule has 0 amide bonds. The summed E-state index contributed by atoms with van der Waals surface area (Å²) in [6, 6.07) is 15.0. The number of fused-ring (bicyclic) bond motifs is 1. The summed E-state index contributed by atoms with van der Waals surface area (Å²) in [6.45, 7) is 6.39. The maximum Gasteiger partial charge on any atom is 0.117 e. The van der Waals surface area contributed by atoms with Crippen LogP contribution >= 0.6 is 11.3 Å². The van der Waals surface area contributed by atoms with E-state index >= 15 is 0 Å². The van der Waals surface area contributed by atoms with Crippen molar-refractivity contribution in [1.82, 2.24) is 4.98 Å². The van der Waals surface area contributed by atoms with E-state index in [1.807, 2.05) is 14.1 Å². The second-order valence-electron chi connectivity index (χ2n) is 8.46. The van der Waals surface area contributed by atoms with Gasteiger partial charge in [0.15, 0.2) is 0 Å². The summed E-state index contributed by atoms with van der Waals surface area (Å²) < 4.78 is 23.8. The highest BCUT2D eigenvalue weighted by Gasteiger charge is 2.10. The lowest BCUT2D eigenvalue weighted by atomic mass is 10.2. The molecule has 2 aromatic carbocycles. The summed E-state index contributed by atoms with van der Waals surface area (Å²) in [4.78, 5) is 9.21. The number of benzene rings is 2. The quantitative estimate of drug-likeness (QED) is 0.529. The Morgan fingerprint density at radius 2 is 1.37 bits per heavy atom. The highest BCUT2D eigenvalue weighted by molar-refractivity contribution is 7.19.